The first-order chi connectivity index (χ1) is 31.6. The van der Waals surface area contributed by atoms with Gasteiger partial charge in [-0.25, -0.2) is 14.4 Å². The number of ketones is 1. The third-order valence-corrected chi connectivity index (χ3v) is 9.96. The predicted octanol–water partition coefficient (Wildman–Crippen LogP) is 12.2. The first-order valence-electron chi connectivity index (χ1n) is 20.5. The van der Waals surface area contributed by atoms with Crippen LogP contribution in [0.15, 0.2) is 232 Å². The van der Waals surface area contributed by atoms with Crippen molar-refractivity contribution in [1.29, 1.82) is 0 Å². The molecule has 0 bridgehead atoms. The van der Waals surface area contributed by atoms with Crippen LogP contribution in [-0.4, -0.2) is 40.8 Å². The highest BCUT2D eigenvalue weighted by Crippen LogP contribution is 2.27. The van der Waals surface area contributed by atoms with Crippen molar-refractivity contribution in [1.82, 2.24) is 0 Å². The van der Waals surface area contributed by atoms with Gasteiger partial charge in [-0.2, -0.15) is 0 Å². The Hall–Kier alpha value is -8.02. The van der Waals surface area contributed by atoms with Gasteiger partial charge in [-0.15, -0.1) is 0 Å². The Kier molecular flexibility index (Phi) is 19.1. The molecule has 0 saturated heterocycles. The Morgan fingerprint density at radius 3 is 1.23 bits per heavy atom. The van der Waals surface area contributed by atoms with Crippen molar-refractivity contribution < 1.29 is 33.7 Å². The van der Waals surface area contributed by atoms with Gasteiger partial charge in [0.25, 0.3) is 0 Å². The Balaban J connectivity index is 0.000000188. The molecule has 7 aromatic carbocycles. The smallest absolute Gasteiger partial charge is 0.318 e. The lowest BCUT2D eigenvalue weighted by atomic mass is 10.0. The van der Waals surface area contributed by atoms with Gasteiger partial charge in [-0.05, 0) is 84.6 Å². The number of hydrogen-bond donors (Lipinski definition) is 0. The van der Waals surface area contributed by atoms with Gasteiger partial charge in [-0.1, -0.05) is 187 Å². The van der Waals surface area contributed by atoms with Crippen molar-refractivity contribution in [2.45, 2.75) is 37.5 Å². The fraction of sp³-hybridized carbons (Fsp3) is 0.0926. The molecule has 7 aromatic rings. The molecule has 0 atom stereocenters. The molecule has 0 N–H and O–H groups in total. The summed E-state index contributed by atoms with van der Waals surface area (Å²) in [5.41, 5.74) is 5.45. The SMILES string of the molecule is C/C(=N/OC(=O)c1ccccc1)c1ccccc1.CC(=O)O/N=C(\C(=O)c1ccc(Sc2ccccc2)cc1)c1ccccc1.CC(C)/C(=N/OC(=O)c1ccccc1)c1ccccc1. The lowest BCUT2D eigenvalue weighted by Crippen LogP contribution is -2.17. The van der Waals surface area contributed by atoms with Crippen LogP contribution >= 0.6 is 11.8 Å². The normalized spacial score (nSPS) is 11.2. The number of oxime groups is 3. The molecule has 0 aliphatic heterocycles. The van der Waals surface area contributed by atoms with Crippen LogP contribution in [0.5, 0.6) is 0 Å². The molecule has 10 nitrogen and oxygen atoms in total. The minimum atomic E-state index is -0.578. The van der Waals surface area contributed by atoms with Crippen LogP contribution < -0.4 is 0 Å². The predicted molar refractivity (Wildman–Crippen MR) is 256 cm³/mol. The summed E-state index contributed by atoms with van der Waals surface area (Å²) in [4.78, 5) is 64.4. The van der Waals surface area contributed by atoms with Gasteiger partial charge in [0.15, 0.2) is 5.71 Å². The van der Waals surface area contributed by atoms with Gasteiger partial charge in [-0.3, -0.25) is 4.79 Å². The molecule has 0 unspecified atom stereocenters. The minimum Gasteiger partial charge on any atom is -0.318 e. The number of benzene rings is 7. The molecule has 0 amide bonds. The second-order valence-electron chi connectivity index (χ2n) is 14.2. The van der Waals surface area contributed by atoms with E-state index in [1.165, 1.54) is 6.92 Å². The van der Waals surface area contributed by atoms with E-state index in [-0.39, 0.29) is 17.4 Å². The number of hydrogen-bond acceptors (Lipinski definition) is 11. The van der Waals surface area contributed by atoms with Gasteiger partial charge < -0.3 is 14.5 Å². The summed E-state index contributed by atoms with van der Waals surface area (Å²) in [6.45, 7) is 7.07. The maximum absolute atomic E-state index is 12.9. The van der Waals surface area contributed by atoms with Crippen LogP contribution in [0, 0.1) is 5.92 Å². The van der Waals surface area contributed by atoms with Crippen molar-refractivity contribution >= 4 is 52.6 Å². The van der Waals surface area contributed by atoms with Crippen LogP contribution in [0.25, 0.3) is 0 Å². The van der Waals surface area contributed by atoms with Crippen molar-refractivity contribution in [2.24, 2.45) is 21.4 Å². The highest BCUT2D eigenvalue weighted by Gasteiger charge is 2.18. The van der Waals surface area contributed by atoms with E-state index in [2.05, 4.69) is 15.5 Å². The van der Waals surface area contributed by atoms with E-state index in [4.69, 9.17) is 14.5 Å². The van der Waals surface area contributed by atoms with Gasteiger partial charge in [0.2, 0.25) is 5.78 Å². The van der Waals surface area contributed by atoms with Crippen molar-refractivity contribution in [3.05, 3.63) is 240 Å². The van der Waals surface area contributed by atoms with Gasteiger partial charge in [0.1, 0.15) is 0 Å². The van der Waals surface area contributed by atoms with E-state index in [1.54, 1.807) is 104 Å². The minimum absolute atomic E-state index is 0.0919. The topological polar surface area (TPSA) is 133 Å². The van der Waals surface area contributed by atoms with Crippen molar-refractivity contribution in [3.8, 4) is 0 Å². The first-order valence-corrected chi connectivity index (χ1v) is 21.4. The molecule has 0 heterocycles. The largest absolute Gasteiger partial charge is 0.365 e. The van der Waals surface area contributed by atoms with Crippen LogP contribution in [0.4, 0.5) is 0 Å². The highest BCUT2D eigenvalue weighted by molar-refractivity contribution is 7.99. The monoisotopic (exact) mass is 881 g/mol. The first kappa shape index (κ1) is 48.0. The molecule has 0 fully saturated rings. The van der Waals surface area contributed by atoms with Crippen LogP contribution in [0.1, 0.15) is 75.5 Å². The molecule has 7 rings (SSSR count). The summed E-state index contributed by atoms with van der Waals surface area (Å²) in [6.07, 6.45) is 0. The van der Waals surface area contributed by atoms with E-state index >= 15 is 0 Å². The number of Topliss-reactive ketones (excluding diaryl/α,β-unsaturated/α-hetero) is 1. The Morgan fingerprint density at radius 2 is 0.785 bits per heavy atom. The third kappa shape index (κ3) is 16.0. The Labute approximate surface area is 383 Å². The Morgan fingerprint density at radius 1 is 0.400 bits per heavy atom. The number of nitrogens with zero attached hydrogens (tertiary/aromatic N) is 3. The van der Waals surface area contributed by atoms with E-state index < -0.39 is 17.9 Å². The van der Waals surface area contributed by atoms with Crippen LogP contribution in [0.2, 0.25) is 0 Å². The number of carbonyl (C=O) groups is 4. The zero-order valence-electron chi connectivity index (χ0n) is 36.3. The van der Waals surface area contributed by atoms with Crippen LogP contribution in [-0.2, 0) is 19.3 Å². The fourth-order valence-corrected chi connectivity index (χ4v) is 6.49. The number of rotatable bonds is 13. The maximum atomic E-state index is 12.9. The summed E-state index contributed by atoms with van der Waals surface area (Å²) in [5, 5.41) is 11.6. The van der Waals surface area contributed by atoms with E-state index in [0.29, 0.717) is 28.0 Å². The van der Waals surface area contributed by atoms with E-state index in [9.17, 15) is 19.2 Å². The molecule has 326 valence electrons. The van der Waals surface area contributed by atoms with Crippen molar-refractivity contribution in [2.75, 3.05) is 0 Å². The summed E-state index contributed by atoms with van der Waals surface area (Å²) >= 11 is 1.62. The molecular formula is C54H47N3O7S. The molecule has 0 aliphatic carbocycles. The fourth-order valence-electron chi connectivity index (χ4n) is 5.65. The summed E-state index contributed by atoms with van der Waals surface area (Å²) < 4.78 is 0. The lowest BCUT2D eigenvalue weighted by Gasteiger charge is -2.09. The van der Waals surface area contributed by atoms with Gasteiger partial charge >= 0.3 is 17.9 Å². The Bertz CT molecular complexity index is 2680. The average Bonchev–Trinajstić information content (AvgIpc) is 3.35. The lowest BCUT2D eigenvalue weighted by molar-refractivity contribution is -0.140. The van der Waals surface area contributed by atoms with Crippen LogP contribution in [0.3, 0.4) is 0 Å². The maximum Gasteiger partial charge on any atom is 0.365 e. The molecule has 65 heavy (non-hydrogen) atoms. The summed E-state index contributed by atoms with van der Waals surface area (Å²) in [6, 6.07) is 63.1. The molecule has 0 aromatic heterocycles. The van der Waals surface area contributed by atoms with Crippen molar-refractivity contribution in [3.63, 3.8) is 0 Å². The second-order valence-corrected chi connectivity index (χ2v) is 15.3. The number of carbonyl (C=O) groups excluding carboxylic acids is 4. The van der Waals surface area contributed by atoms with Gasteiger partial charge in [0, 0.05) is 27.8 Å². The molecule has 0 aliphatic rings. The average molecular weight is 882 g/mol. The molecule has 0 saturated carbocycles. The van der Waals surface area contributed by atoms with Gasteiger partial charge in [0.05, 0.1) is 22.6 Å². The quantitative estimate of drug-likeness (QED) is 0.0484. The molecular weight excluding hydrogens is 835 g/mol. The van der Waals surface area contributed by atoms with E-state index in [1.807, 2.05) is 135 Å². The molecule has 0 radical (unpaired) electrons. The molecule has 11 heteroatoms. The summed E-state index contributed by atoms with van der Waals surface area (Å²) in [5.74, 6) is -1.61. The zero-order valence-corrected chi connectivity index (χ0v) is 37.1. The third-order valence-electron chi connectivity index (χ3n) is 8.94. The zero-order chi connectivity index (χ0) is 46.2. The van der Waals surface area contributed by atoms with E-state index in [0.717, 1.165) is 26.6 Å². The summed E-state index contributed by atoms with van der Waals surface area (Å²) in [7, 11) is 0. The standard InChI is InChI=1S/C22H17NO3S.C17H17NO2.C15H13NO2/c1-16(24)26-23-21(17-8-4-2-5-9-17)22(25)18-12-14-20(15-13-18)27-19-10-6-3-7-11-19;1-13(2)16(14-9-5-3-6-10-14)18-20-17(19)15-11-7-4-8-12-15;1-12(13-8-4-2-5-9-13)16-18-15(17)14-10-6-3-7-11-14/h2-15H,1H3;3-13H,1-2H3;2-11H,1H3/b23-21-;18-16-;16-12-. The highest BCUT2D eigenvalue weighted by atomic mass is 32.2. The second kappa shape index (κ2) is 25.8. The molecule has 0 spiro atoms.